The number of fused-ring (bicyclic) bond motifs is 1. The Labute approximate surface area is 147 Å². The summed E-state index contributed by atoms with van der Waals surface area (Å²) in [5, 5.41) is 4.69. The van der Waals surface area contributed by atoms with Crippen LogP contribution in [-0.2, 0) is 11.3 Å². The van der Waals surface area contributed by atoms with Crippen LogP contribution in [0.15, 0.2) is 24.3 Å². The molecule has 5 nitrogen and oxygen atoms in total. The number of benzene rings is 1. The summed E-state index contributed by atoms with van der Waals surface area (Å²) in [4.78, 5) is 18.5. The molecule has 24 heavy (non-hydrogen) atoms. The second-order valence-electron chi connectivity index (χ2n) is 7.20. The van der Waals surface area contributed by atoms with Gasteiger partial charge in [-0.05, 0) is 45.7 Å². The van der Waals surface area contributed by atoms with Gasteiger partial charge < -0.3 is 15.0 Å². The average Bonchev–Trinajstić information content (AvgIpc) is 2.94. The van der Waals surface area contributed by atoms with Gasteiger partial charge in [0, 0.05) is 25.7 Å². The van der Waals surface area contributed by atoms with Gasteiger partial charge >= 0.3 is 6.09 Å². The molecule has 1 aromatic heterocycles. The van der Waals surface area contributed by atoms with E-state index in [4.69, 9.17) is 4.74 Å². The Hall–Kier alpha value is -1.66. The third-order valence-electron chi connectivity index (χ3n) is 4.03. The predicted molar refractivity (Wildman–Crippen MR) is 97.3 cm³/mol. The first kappa shape index (κ1) is 17.2. The zero-order valence-corrected chi connectivity index (χ0v) is 15.4. The highest BCUT2D eigenvalue weighted by Gasteiger charge is 2.26. The molecule has 1 fully saturated rings. The largest absolute Gasteiger partial charge is 0.444 e. The van der Waals surface area contributed by atoms with Crippen molar-refractivity contribution in [2.24, 2.45) is 0 Å². The monoisotopic (exact) mass is 347 g/mol. The predicted octanol–water partition coefficient (Wildman–Crippen LogP) is 3.79. The lowest BCUT2D eigenvalue weighted by molar-refractivity contribution is 0.0198. The number of aromatic nitrogens is 1. The minimum absolute atomic E-state index is 0.202. The molecule has 0 spiro atoms. The first-order chi connectivity index (χ1) is 11.4. The SMILES string of the molecule is CC(C)(C)OC(=O)N1CCC(NCc2nc3ccccc3s2)CC1. The fraction of sp³-hybridized carbons (Fsp3) is 0.556. The lowest BCUT2D eigenvalue weighted by atomic mass is 10.1. The molecule has 0 saturated carbocycles. The minimum atomic E-state index is -0.432. The number of ether oxygens (including phenoxy) is 1. The molecule has 6 heteroatoms. The van der Waals surface area contributed by atoms with E-state index in [1.165, 1.54) is 4.70 Å². The summed E-state index contributed by atoms with van der Waals surface area (Å²) in [5.41, 5.74) is 0.637. The van der Waals surface area contributed by atoms with Crippen LogP contribution >= 0.6 is 11.3 Å². The fourth-order valence-electron chi connectivity index (χ4n) is 2.82. The van der Waals surface area contributed by atoms with Crippen molar-refractivity contribution in [3.8, 4) is 0 Å². The van der Waals surface area contributed by atoms with Crippen LogP contribution in [0.25, 0.3) is 10.2 Å². The van der Waals surface area contributed by atoms with Gasteiger partial charge in [0.15, 0.2) is 0 Å². The van der Waals surface area contributed by atoms with Gasteiger partial charge in [0.1, 0.15) is 10.6 Å². The van der Waals surface area contributed by atoms with Crippen LogP contribution in [0.2, 0.25) is 0 Å². The number of piperidine rings is 1. The summed E-state index contributed by atoms with van der Waals surface area (Å²) in [6, 6.07) is 8.65. The summed E-state index contributed by atoms with van der Waals surface area (Å²) in [7, 11) is 0. The van der Waals surface area contributed by atoms with Crippen molar-refractivity contribution >= 4 is 27.6 Å². The molecule has 1 amide bonds. The van der Waals surface area contributed by atoms with Crippen molar-refractivity contribution in [1.82, 2.24) is 15.2 Å². The number of nitrogens with zero attached hydrogens (tertiary/aromatic N) is 2. The second kappa shape index (κ2) is 7.07. The van der Waals surface area contributed by atoms with Crippen molar-refractivity contribution in [3.05, 3.63) is 29.3 Å². The quantitative estimate of drug-likeness (QED) is 0.918. The molecular weight excluding hydrogens is 322 g/mol. The third-order valence-corrected chi connectivity index (χ3v) is 5.06. The Kier molecular flexibility index (Phi) is 5.06. The molecule has 0 aliphatic carbocycles. The summed E-state index contributed by atoms with van der Waals surface area (Å²) in [6.07, 6.45) is 1.70. The van der Waals surface area contributed by atoms with Crippen LogP contribution < -0.4 is 5.32 Å². The zero-order chi connectivity index (χ0) is 17.2. The number of hydrogen-bond donors (Lipinski definition) is 1. The maximum absolute atomic E-state index is 12.1. The van der Waals surface area contributed by atoms with Crippen molar-refractivity contribution < 1.29 is 9.53 Å². The van der Waals surface area contributed by atoms with Crippen LogP contribution in [0.3, 0.4) is 0 Å². The molecule has 0 unspecified atom stereocenters. The third kappa shape index (κ3) is 4.45. The number of thiazole rings is 1. The molecule has 1 aliphatic rings. The maximum Gasteiger partial charge on any atom is 0.410 e. The summed E-state index contributed by atoms with van der Waals surface area (Å²) < 4.78 is 6.66. The maximum atomic E-state index is 12.1. The van der Waals surface area contributed by atoms with Crippen molar-refractivity contribution in [2.75, 3.05) is 13.1 Å². The van der Waals surface area contributed by atoms with Gasteiger partial charge in [-0.2, -0.15) is 0 Å². The molecule has 1 aromatic carbocycles. The Bertz CT molecular complexity index is 667. The molecule has 2 aromatic rings. The lowest BCUT2D eigenvalue weighted by Crippen LogP contribution is -2.46. The van der Waals surface area contributed by atoms with Gasteiger partial charge in [-0.15, -0.1) is 11.3 Å². The van der Waals surface area contributed by atoms with Crippen molar-refractivity contribution in [3.63, 3.8) is 0 Å². The Morgan fingerprint density at radius 2 is 2.04 bits per heavy atom. The first-order valence-electron chi connectivity index (χ1n) is 8.46. The van der Waals surface area contributed by atoms with Crippen LogP contribution in [0.4, 0.5) is 4.79 Å². The standard InChI is InChI=1S/C18H25N3O2S/c1-18(2,3)23-17(22)21-10-8-13(9-11-21)19-12-16-20-14-6-4-5-7-15(14)24-16/h4-7,13,19H,8-12H2,1-3H3. The van der Waals surface area contributed by atoms with E-state index >= 15 is 0 Å². The van der Waals surface area contributed by atoms with Crippen LogP contribution in [-0.4, -0.2) is 40.7 Å². The van der Waals surface area contributed by atoms with E-state index in [1.54, 1.807) is 16.2 Å². The van der Waals surface area contributed by atoms with Gasteiger partial charge in [0.2, 0.25) is 0 Å². The lowest BCUT2D eigenvalue weighted by Gasteiger charge is -2.33. The number of rotatable bonds is 3. The smallest absolute Gasteiger partial charge is 0.410 e. The van der Waals surface area contributed by atoms with Crippen LogP contribution in [0.1, 0.15) is 38.6 Å². The molecule has 2 heterocycles. The van der Waals surface area contributed by atoms with E-state index in [1.807, 2.05) is 32.9 Å². The van der Waals surface area contributed by atoms with Gasteiger partial charge in [0.05, 0.1) is 10.2 Å². The van der Waals surface area contributed by atoms with Gasteiger partial charge in [0.25, 0.3) is 0 Å². The van der Waals surface area contributed by atoms with Gasteiger partial charge in [-0.1, -0.05) is 12.1 Å². The highest BCUT2D eigenvalue weighted by molar-refractivity contribution is 7.18. The molecule has 0 atom stereocenters. The Balaban J connectivity index is 1.46. The average molecular weight is 347 g/mol. The minimum Gasteiger partial charge on any atom is -0.444 e. The fourth-order valence-corrected chi connectivity index (χ4v) is 3.74. The summed E-state index contributed by atoms with van der Waals surface area (Å²) in [5.74, 6) is 0. The molecule has 130 valence electrons. The molecule has 3 rings (SSSR count). The summed E-state index contributed by atoms with van der Waals surface area (Å²) in [6.45, 7) is 7.97. The second-order valence-corrected chi connectivity index (χ2v) is 8.31. The highest BCUT2D eigenvalue weighted by Crippen LogP contribution is 2.22. The van der Waals surface area contributed by atoms with E-state index in [-0.39, 0.29) is 6.09 Å². The number of hydrogen-bond acceptors (Lipinski definition) is 5. The van der Waals surface area contributed by atoms with E-state index < -0.39 is 5.60 Å². The molecule has 0 bridgehead atoms. The molecule has 1 saturated heterocycles. The van der Waals surface area contributed by atoms with Gasteiger partial charge in [-0.3, -0.25) is 0 Å². The molecule has 0 radical (unpaired) electrons. The van der Waals surface area contributed by atoms with E-state index in [2.05, 4.69) is 22.4 Å². The van der Waals surface area contributed by atoms with E-state index in [9.17, 15) is 4.79 Å². The summed E-state index contributed by atoms with van der Waals surface area (Å²) >= 11 is 1.74. The van der Waals surface area contributed by atoms with Crippen LogP contribution in [0, 0.1) is 0 Å². The number of likely N-dealkylation sites (tertiary alicyclic amines) is 1. The van der Waals surface area contributed by atoms with Gasteiger partial charge in [-0.25, -0.2) is 9.78 Å². The first-order valence-corrected chi connectivity index (χ1v) is 9.28. The van der Waals surface area contributed by atoms with Crippen LogP contribution in [0.5, 0.6) is 0 Å². The van der Waals surface area contributed by atoms with Crippen molar-refractivity contribution in [1.29, 1.82) is 0 Å². The molecule has 1 aliphatic heterocycles. The number of para-hydroxylation sites is 1. The van der Waals surface area contributed by atoms with E-state index in [0.717, 1.165) is 43.0 Å². The van der Waals surface area contributed by atoms with Crippen molar-refractivity contribution in [2.45, 2.75) is 51.8 Å². The normalized spacial score (nSPS) is 16.5. The topological polar surface area (TPSA) is 54.5 Å². The zero-order valence-electron chi connectivity index (χ0n) is 14.5. The number of amides is 1. The number of carbonyl (C=O) groups is 1. The Morgan fingerprint density at radius 1 is 1.33 bits per heavy atom. The Morgan fingerprint density at radius 3 is 2.71 bits per heavy atom. The van der Waals surface area contributed by atoms with E-state index in [0.29, 0.717) is 6.04 Å². The number of nitrogens with one attached hydrogen (secondary N) is 1. The highest BCUT2D eigenvalue weighted by atomic mass is 32.1. The number of carbonyl (C=O) groups excluding carboxylic acids is 1. The molecular formula is C18H25N3O2S. The molecule has 1 N–H and O–H groups in total.